The summed E-state index contributed by atoms with van der Waals surface area (Å²) >= 11 is 5.94. The second-order valence-electron chi connectivity index (χ2n) is 4.25. The zero-order valence-electron chi connectivity index (χ0n) is 12.2. The van der Waals surface area contributed by atoms with Gasteiger partial charge in [0.1, 0.15) is 0 Å². The molecule has 1 unspecified atom stereocenters. The van der Waals surface area contributed by atoms with Crippen LogP contribution in [-0.2, 0) is 14.3 Å². The normalized spacial score (nSPS) is 11.6. The second-order valence-corrected chi connectivity index (χ2v) is 4.69. The molecule has 21 heavy (non-hydrogen) atoms. The third-order valence-corrected chi connectivity index (χ3v) is 2.99. The Morgan fingerprint density at radius 2 is 2.14 bits per heavy atom. The van der Waals surface area contributed by atoms with E-state index in [4.69, 9.17) is 21.1 Å². The number of rotatable bonds is 9. The van der Waals surface area contributed by atoms with Crippen LogP contribution in [0, 0.1) is 0 Å². The number of hydrogen-bond donors (Lipinski definition) is 2. The van der Waals surface area contributed by atoms with Crippen LogP contribution in [0.15, 0.2) is 24.3 Å². The monoisotopic (exact) mass is 336 g/mol. The van der Waals surface area contributed by atoms with Crippen molar-refractivity contribution in [1.29, 1.82) is 0 Å². The minimum Gasteiger partial charge on any atom is -0.383 e. The molecular weight excluding hydrogens is 315 g/mol. The number of ether oxygens (including phenoxy) is 2. The van der Waals surface area contributed by atoms with Crippen LogP contribution in [0.3, 0.4) is 0 Å². The first-order chi connectivity index (χ1) is 9.67. The number of hydrogen-bond acceptors (Lipinski definition) is 4. The third-order valence-electron chi connectivity index (χ3n) is 2.76. The van der Waals surface area contributed by atoms with Crippen LogP contribution in [0.1, 0.15) is 11.7 Å². The molecule has 0 aliphatic rings. The minimum atomic E-state index is -0.211. The predicted molar refractivity (Wildman–Crippen MR) is 86.2 cm³/mol. The van der Waals surface area contributed by atoms with Crippen molar-refractivity contribution >= 4 is 29.9 Å². The van der Waals surface area contributed by atoms with Crippen LogP contribution in [0.4, 0.5) is 0 Å². The van der Waals surface area contributed by atoms with Gasteiger partial charge in [0.05, 0.1) is 19.3 Å². The van der Waals surface area contributed by atoms with E-state index in [-0.39, 0.29) is 31.0 Å². The van der Waals surface area contributed by atoms with E-state index in [0.717, 1.165) is 5.56 Å². The summed E-state index contributed by atoms with van der Waals surface area (Å²) in [6.07, 6.45) is -0.211. The summed E-state index contributed by atoms with van der Waals surface area (Å²) in [7, 11) is 3.23. The summed E-state index contributed by atoms with van der Waals surface area (Å²) < 4.78 is 10.3. The van der Waals surface area contributed by atoms with Gasteiger partial charge in [0.25, 0.3) is 0 Å². The number of carbonyl (C=O) groups is 1. The van der Waals surface area contributed by atoms with Crippen molar-refractivity contribution in [2.75, 3.05) is 40.5 Å². The van der Waals surface area contributed by atoms with Crippen LogP contribution in [-0.4, -0.2) is 46.4 Å². The van der Waals surface area contributed by atoms with Gasteiger partial charge in [0, 0.05) is 32.3 Å². The molecule has 1 rings (SSSR count). The maximum absolute atomic E-state index is 11.6. The summed E-state index contributed by atoms with van der Waals surface area (Å²) in [6.45, 7) is 1.89. The summed E-state index contributed by atoms with van der Waals surface area (Å²) in [5.74, 6) is -0.0785. The maximum atomic E-state index is 11.6. The highest BCUT2D eigenvalue weighted by atomic mass is 35.5. The van der Waals surface area contributed by atoms with E-state index in [1.165, 1.54) is 0 Å². The Morgan fingerprint density at radius 1 is 1.38 bits per heavy atom. The molecule has 1 amide bonds. The van der Waals surface area contributed by atoms with Gasteiger partial charge in [-0.3, -0.25) is 4.79 Å². The molecule has 0 aliphatic carbocycles. The highest BCUT2D eigenvalue weighted by molar-refractivity contribution is 6.30. The lowest BCUT2D eigenvalue weighted by Crippen LogP contribution is -2.37. The highest BCUT2D eigenvalue weighted by Crippen LogP contribution is 2.19. The molecule has 0 radical (unpaired) electrons. The zero-order chi connectivity index (χ0) is 14.8. The predicted octanol–water partition coefficient (Wildman–Crippen LogP) is 1.80. The van der Waals surface area contributed by atoms with Gasteiger partial charge in [-0.25, -0.2) is 0 Å². The fourth-order valence-corrected chi connectivity index (χ4v) is 1.89. The Kier molecular flexibility index (Phi) is 11.3. The molecule has 0 aromatic heterocycles. The molecular formula is C14H22Cl2N2O3. The van der Waals surface area contributed by atoms with Gasteiger partial charge in [-0.2, -0.15) is 0 Å². The van der Waals surface area contributed by atoms with E-state index < -0.39 is 0 Å². The van der Waals surface area contributed by atoms with Crippen LogP contribution in [0.2, 0.25) is 5.02 Å². The summed E-state index contributed by atoms with van der Waals surface area (Å²) in [5, 5.41) is 6.45. The minimum absolute atomic E-state index is 0. The molecule has 1 aromatic rings. The van der Waals surface area contributed by atoms with Crippen LogP contribution >= 0.6 is 24.0 Å². The Labute approximate surface area is 136 Å². The molecule has 0 saturated heterocycles. The van der Waals surface area contributed by atoms with Gasteiger partial charge in [0.2, 0.25) is 5.91 Å². The number of benzene rings is 1. The van der Waals surface area contributed by atoms with E-state index >= 15 is 0 Å². The molecule has 0 aliphatic heterocycles. The lowest BCUT2D eigenvalue weighted by atomic mass is 10.1. The van der Waals surface area contributed by atoms with Gasteiger partial charge in [-0.15, -0.1) is 12.4 Å². The van der Waals surface area contributed by atoms with Crippen LogP contribution in [0.25, 0.3) is 0 Å². The van der Waals surface area contributed by atoms with Crippen LogP contribution < -0.4 is 10.6 Å². The lowest BCUT2D eigenvalue weighted by molar-refractivity contribution is -0.120. The van der Waals surface area contributed by atoms with Crippen molar-refractivity contribution in [2.24, 2.45) is 0 Å². The SMILES string of the molecule is COCCNCC(=O)NCC(OC)c1cccc(Cl)c1.Cl. The van der Waals surface area contributed by atoms with E-state index in [1.807, 2.05) is 18.2 Å². The third kappa shape index (κ3) is 8.24. The van der Waals surface area contributed by atoms with Crippen LogP contribution in [0.5, 0.6) is 0 Å². The first-order valence-electron chi connectivity index (χ1n) is 6.42. The molecule has 1 atom stereocenters. The van der Waals surface area contributed by atoms with Gasteiger partial charge in [-0.05, 0) is 17.7 Å². The molecule has 0 saturated carbocycles. The maximum Gasteiger partial charge on any atom is 0.234 e. The van der Waals surface area contributed by atoms with E-state index in [0.29, 0.717) is 24.7 Å². The average Bonchev–Trinajstić information content (AvgIpc) is 2.44. The van der Waals surface area contributed by atoms with Gasteiger partial charge >= 0.3 is 0 Å². The number of nitrogens with one attached hydrogen (secondary N) is 2. The highest BCUT2D eigenvalue weighted by Gasteiger charge is 2.12. The zero-order valence-corrected chi connectivity index (χ0v) is 13.8. The summed E-state index contributed by atoms with van der Waals surface area (Å²) in [5.41, 5.74) is 0.938. The van der Waals surface area contributed by atoms with Crippen molar-refractivity contribution < 1.29 is 14.3 Å². The standard InChI is InChI=1S/C14H21ClN2O3.ClH/c1-19-7-6-16-10-14(18)17-9-13(20-2)11-4-3-5-12(15)8-11;/h3-5,8,13,16H,6-7,9-10H2,1-2H3,(H,17,18);1H. The fraction of sp³-hybridized carbons (Fsp3) is 0.500. The molecule has 2 N–H and O–H groups in total. The van der Waals surface area contributed by atoms with Crippen molar-refractivity contribution in [2.45, 2.75) is 6.10 Å². The summed E-state index contributed by atoms with van der Waals surface area (Å²) in [6, 6.07) is 7.41. The average molecular weight is 337 g/mol. The Balaban J connectivity index is 0.00000400. The molecule has 0 spiro atoms. The molecule has 7 heteroatoms. The molecule has 0 bridgehead atoms. The molecule has 0 heterocycles. The number of amides is 1. The molecule has 5 nitrogen and oxygen atoms in total. The molecule has 0 fully saturated rings. The van der Waals surface area contributed by atoms with Gasteiger partial charge in [0.15, 0.2) is 0 Å². The largest absolute Gasteiger partial charge is 0.383 e. The van der Waals surface area contributed by atoms with E-state index in [1.54, 1.807) is 20.3 Å². The van der Waals surface area contributed by atoms with E-state index in [9.17, 15) is 4.79 Å². The Bertz CT molecular complexity index is 419. The number of carbonyl (C=O) groups excluding carboxylic acids is 1. The van der Waals surface area contributed by atoms with Crippen molar-refractivity contribution in [3.05, 3.63) is 34.9 Å². The first kappa shape index (κ1) is 20.1. The summed E-state index contributed by atoms with van der Waals surface area (Å²) in [4.78, 5) is 11.6. The topological polar surface area (TPSA) is 59.6 Å². The van der Waals surface area contributed by atoms with Crippen molar-refractivity contribution in [1.82, 2.24) is 10.6 Å². The Morgan fingerprint density at radius 3 is 2.76 bits per heavy atom. The second kappa shape index (κ2) is 11.8. The van der Waals surface area contributed by atoms with Crippen molar-refractivity contribution in [3.63, 3.8) is 0 Å². The smallest absolute Gasteiger partial charge is 0.234 e. The first-order valence-corrected chi connectivity index (χ1v) is 6.79. The van der Waals surface area contributed by atoms with E-state index in [2.05, 4.69) is 10.6 Å². The fourth-order valence-electron chi connectivity index (χ4n) is 1.69. The van der Waals surface area contributed by atoms with Crippen molar-refractivity contribution in [3.8, 4) is 0 Å². The van der Waals surface area contributed by atoms with Gasteiger partial charge in [-0.1, -0.05) is 23.7 Å². The molecule has 120 valence electrons. The van der Waals surface area contributed by atoms with Gasteiger partial charge < -0.3 is 20.1 Å². The Hall–Kier alpha value is -0.850. The number of halogens is 2. The lowest BCUT2D eigenvalue weighted by Gasteiger charge is -2.17. The quantitative estimate of drug-likeness (QED) is 0.675. The molecule has 1 aromatic carbocycles. The number of methoxy groups -OCH3 is 2.